The molecule has 6 nitrogen and oxygen atoms in total. The van der Waals surface area contributed by atoms with E-state index in [2.05, 4.69) is 23.7 Å². The van der Waals surface area contributed by atoms with Crippen LogP contribution >= 0.6 is 0 Å². The van der Waals surface area contributed by atoms with Gasteiger partial charge in [-0.3, -0.25) is 19.5 Å². The van der Waals surface area contributed by atoms with Crippen LogP contribution in [0.4, 0.5) is 0 Å². The fraction of sp³-hybridized carbons (Fsp3) is 0.650. The van der Waals surface area contributed by atoms with Crippen molar-refractivity contribution in [1.82, 2.24) is 19.7 Å². The molecule has 1 aromatic heterocycles. The minimum Gasteiger partial charge on any atom is -0.340 e. The van der Waals surface area contributed by atoms with Gasteiger partial charge >= 0.3 is 0 Å². The molecule has 0 N–H and O–H groups in total. The van der Waals surface area contributed by atoms with Crippen molar-refractivity contribution in [1.29, 1.82) is 0 Å². The molecule has 2 amide bonds. The van der Waals surface area contributed by atoms with Crippen molar-refractivity contribution in [2.45, 2.75) is 52.1 Å². The number of hydrogen-bond donors (Lipinski definition) is 0. The summed E-state index contributed by atoms with van der Waals surface area (Å²) in [5, 5.41) is 0. The van der Waals surface area contributed by atoms with Gasteiger partial charge in [0.15, 0.2) is 0 Å². The maximum atomic E-state index is 12.7. The molecule has 0 saturated carbocycles. The Kier molecular flexibility index (Phi) is 5.91. The number of hydrogen-bond acceptors (Lipinski definition) is 4. The number of piperidine rings is 1. The number of nitrogens with zero attached hydrogens (tertiary/aromatic N) is 4. The Balaban J connectivity index is 1.53. The number of rotatable bonds is 4. The third kappa shape index (κ3) is 4.23. The Hall–Kier alpha value is -1.95. The van der Waals surface area contributed by atoms with E-state index in [0.717, 1.165) is 43.7 Å². The van der Waals surface area contributed by atoms with Crippen LogP contribution in [0.15, 0.2) is 18.3 Å². The molecular formula is C20H30N4O2. The zero-order valence-corrected chi connectivity index (χ0v) is 16.1. The van der Waals surface area contributed by atoms with E-state index in [1.54, 1.807) is 6.20 Å². The highest BCUT2D eigenvalue weighted by Gasteiger charge is 2.36. The molecule has 26 heavy (non-hydrogen) atoms. The summed E-state index contributed by atoms with van der Waals surface area (Å²) in [5.41, 5.74) is 1.92. The molecule has 3 rings (SSSR count). The van der Waals surface area contributed by atoms with Crippen LogP contribution in [0.25, 0.3) is 0 Å². The van der Waals surface area contributed by atoms with E-state index >= 15 is 0 Å². The maximum absolute atomic E-state index is 12.7. The Bertz CT molecular complexity index is 636. The van der Waals surface area contributed by atoms with Crippen LogP contribution < -0.4 is 0 Å². The van der Waals surface area contributed by atoms with Crippen LogP contribution in [0, 0.1) is 6.92 Å². The number of carbonyl (C=O) groups excluding carboxylic acids is 2. The molecule has 1 aromatic rings. The average molecular weight is 358 g/mol. The summed E-state index contributed by atoms with van der Waals surface area (Å²) >= 11 is 0. The molecule has 2 aliphatic heterocycles. The lowest BCUT2D eigenvalue weighted by Gasteiger charge is -2.43. The van der Waals surface area contributed by atoms with E-state index in [1.165, 1.54) is 0 Å². The zero-order chi connectivity index (χ0) is 18.7. The molecule has 0 aliphatic carbocycles. The van der Waals surface area contributed by atoms with Gasteiger partial charge in [-0.2, -0.15) is 0 Å². The average Bonchev–Trinajstić information content (AvgIpc) is 2.64. The van der Waals surface area contributed by atoms with E-state index < -0.39 is 0 Å². The van der Waals surface area contributed by atoms with Crippen LogP contribution in [-0.4, -0.2) is 76.3 Å². The molecule has 142 valence electrons. The number of aromatic nitrogens is 1. The lowest BCUT2D eigenvalue weighted by Crippen LogP contribution is -2.59. The summed E-state index contributed by atoms with van der Waals surface area (Å²) in [5.74, 6) is 0.408. The summed E-state index contributed by atoms with van der Waals surface area (Å²) in [6, 6.07) is 4.16. The van der Waals surface area contributed by atoms with Gasteiger partial charge in [0, 0.05) is 50.7 Å². The van der Waals surface area contributed by atoms with Gasteiger partial charge < -0.3 is 9.80 Å². The quantitative estimate of drug-likeness (QED) is 0.818. The van der Waals surface area contributed by atoms with Gasteiger partial charge in [-0.15, -0.1) is 0 Å². The fourth-order valence-electron chi connectivity index (χ4n) is 3.90. The lowest BCUT2D eigenvalue weighted by atomic mass is 10.0. The van der Waals surface area contributed by atoms with Crippen LogP contribution in [0.1, 0.15) is 37.9 Å². The monoisotopic (exact) mass is 358 g/mol. The molecule has 2 aliphatic rings. The molecule has 1 unspecified atom stereocenters. The predicted octanol–water partition coefficient (Wildman–Crippen LogP) is 1.48. The zero-order valence-electron chi connectivity index (χ0n) is 16.1. The highest BCUT2D eigenvalue weighted by molar-refractivity contribution is 5.83. The lowest BCUT2D eigenvalue weighted by molar-refractivity contribution is -0.143. The second-order valence-corrected chi connectivity index (χ2v) is 7.68. The van der Waals surface area contributed by atoms with Crippen LogP contribution in [0.5, 0.6) is 0 Å². The van der Waals surface area contributed by atoms with E-state index in [9.17, 15) is 9.59 Å². The van der Waals surface area contributed by atoms with Crippen molar-refractivity contribution in [2.24, 2.45) is 0 Å². The number of piperazine rings is 1. The molecule has 0 spiro atoms. The van der Waals surface area contributed by atoms with Crippen LogP contribution in [0.3, 0.4) is 0 Å². The van der Waals surface area contributed by atoms with Gasteiger partial charge in [0.05, 0.1) is 12.5 Å². The Morgan fingerprint density at radius 1 is 1.19 bits per heavy atom. The number of carbonyl (C=O) groups is 2. The number of pyridine rings is 1. The number of aryl methyl sites for hydroxylation is 1. The first-order chi connectivity index (χ1) is 12.5. The van der Waals surface area contributed by atoms with Gasteiger partial charge in [-0.1, -0.05) is 6.07 Å². The van der Waals surface area contributed by atoms with Crippen molar-refractivity contribution >= 4 is 11.8 Å². The van der Waals surface area contributed by atoms with Crippen molar-refractivity contribution in [3.8, 4) is 0 Å². The molecule has 3 heterocycles. The van der Waals surface area contributed by atoms with Gasteiger partial charge in [-0.05, 0) is 45.2 Å². The predicted molar refractivity (Wildman–Crippen MR) is 101 cm³/mol. The van der Waals surface area contributed by atoms with Gasteiger partial charge in [0.2, 0.25) is 11.8 Å². The topological polar surface area (TPSA) is 56.8 Å². The second kappa shape index (κ2) is 8.16. The van der Waals surface area contributed by atoms with Crippen molar-refractivity contribution in [2.75, 3.05) is 32.7 Å². The Labute approximate surface area is 156 Å². The SMILES string of the molecule is Cc1ccc(CC(=O)N2CCN(C3CCCN(C(C)C)C3=O)CC2)cn1. The molecule has 0 bridgehead atoms. The minimum absolute atomic E-state index is 0.00954. The Morgan fingerprint density at radius 3 is 2.54 bits per heavy atom. The first-order valence-electron chi connectivity index (χ1n) is 9.69. The minimum atomic E-state index is -0.00954. The summed E-state index contributed by atoms with van der Waals surface area (Å²) in [6.07, 6.45) is 4.18. The van der Waals surface area contributed by atoms with Crippen molar-refractivity contribution < 1.29 is 9.59 Å². The molecule has 2 saturated heterocycles. The molecule has 2 fully saturated rings. The normalized spacial score (nSPS) is 22.2. The van der Waals surface area contributed by atoms with Gasteiger partial charge in [0.25, 0.3) is 0 Å². The fourth-order valence-corrected chi connectivity index (χ4v) is 3.90. The highest BCUT2D eigenvalue weighted by Crippen LogP contribution is 2.21. The largest absolute Gasteiger partial charge is 0.340 e. The standard InChI is InChI=1S/C20H30N4O2/c1-15(2)24-8-4-5-18(20(24)26)22-9-11-23(12-10-22)19(25)13-17-7-6-16(3)21-14-17/h6-7,14-15,18H,4-5,8-13H2,1-3H3. The summed E-state index contributed by atoms with van der Waals surface area (Å²) in [7, 11) is 0. The molecule has 0 radical (unpaired) electrons. The van der Waals surface area contributed by atoms with Gasteiger partial charge in [0.1, 0.15) is 0 Å². The third-order valence-electron chi connectivity index (χ3n) is 5.50. The smallest absolute Gasteiger partial charge is 0.240 e. The summed E-state index contributed by atoms with van der Waals surface area (Å²) in [6.45, 7) is 9.93. The van der Waals surface area contributed by atoms with E-state index in [1.807, 2.05) is 28.9 Å². The maximum Gasteiger partial charge on any atom is 0.240 e. The van der Waals surface area contributed by atoms with Crippen molar-refractivity contribution in [3.05, 3.63) is 29.6 Å². The highest BCUT2D eigenvalue weighted by atomic mass is 16.2. The van der Waals surface area contributed by atoms with Gasteiger partial charge in [-0.25, -0.2) is 0 Å². The van der Waals surface area contributed by atoms with E-state index in [0.29, 0.717) is 19.5 Å². The van der Waals surface area contributed by atoms with Crippen LogP contribution in [0.2, 0.25) is 0 Å². The van der Waals surface area contributed by atoms with Crippen LogP contribution in [-0.2, 0) is 16.0 Å². The molecule has 1 atom stereocenters. The number of likely N-dealkylation sites (tertiary alicyclic amines) is 1. The van der Waals surface area contributed by atoms with E-state index in [4.69, 9.17) is 0 Å². The molecule has 6 heteroatoms. The van der Waals surface area contributed by atoms with Crippen molar-refractivity contribution in [3.63, 3.8) is 0 Å². The Morgan fingerprint density at radius 2 is 1.92 bits per heavy atom. The molecule has 0 aromatic carbocycles. The first kappa shape index (κ1) is 18.8. The summed E-state index contributed by atoms with van der Waals surface area (Å²) in [4.78, 5) is 35.7. The van der Waals surface area contributed by atoms with E-state index in [-0.39, 0.29) is 23.9 Å². The third-order valence-corrected chi connectivity index (χ3v) is 5.50. The second-order valence-electron chi connectivity index (χ2n) is 7.68. The number of amides is 2. The summed E-state index contributed by atoms with van der Waals surface area (Å²) < 4.78 is 0. The molecular weight excluding hydrogens is 328 g/mol. The first-order valence-corrected chi connectivity index (χ1v) is 9.69.